The molecule has 0 saturated carbocycles. The van der Waals surface area contributed by atoms with E-state index in [1.807, 2.05) is 0 Å². The van der Waals surface area contributed by atoms with Crippen molar-refractivity contribution in [3.63, 3.8) is 0 Å². The number of carbonyl (C=O) groups is 2. The largest absolute Gasteiger partial charge is 0.481 e. The maximum atomic E-state index is 11.7. The van der Waals surface area contributed by atoms with Gasteiger partial charge in [-0.15, -0.1) is 0 Å². The molecule has 1 N–H and O–H groups in total. The number of fused-ring (bicyclic) bond motifs is 1. The fourth-order valence-electron chi connectivity index (χ4n) is 1.51. The Morgan fingerprint density at radius 2 is 2.29 bits per heavy atom. The monoisotopic (exact) mass is 255 g/mol. The molecule has 0 radical (unpaired) electrons. The van der Waals surface area contributed by atoms with Crippen molar-refractivity contribution in [2.45, 2.75) is 6.42 Å². The van der Waals surface area contributed by atoms with Gasteiger partial charge in [-0.1, -0.05) is 11.6 Å². The summed E-state index contributed by atoms with van der Waals surface area (Å²) in [5, 5.41) is 14.3. The van der Waals surface area contributed by atoms with E-state index in [0.29, 0.717) is 10.9 Å². The maximum absolute atomic E-state index is 11.7. The number of hydrogen-bond donors (Lipinski definition) is 1. The van der Waals surface area contributed by atoms with Gasteiger partial charge in [-0.2, -0.15) is 5.10 Å². The molecule has 1 amide bonds. The number of aliphatic carboxylic acids is 1. The first-order chi connectivity index (χ1) is 8.06. The van der Waals surface area contributed by atoms with Crippen LogP contribution >= 0.6 is 11.6 Å². The van der Waals surface area contributed by atoms with Gasteiger partial charge in [0.05, 0.1) is 18.0 Å². The molecule has 2 aliphatic heterocycles. The van der Waals surface area contributed by atoms with Gasteiger partial charge in [0.1, 0.15) is 6.54 Å². The van der Waals surface area contributed by atoms with Gasteiger partial charge < -0.3 is 10.0 Å². The van der Waals surface area contributed by atoms with Crippen LogP contribution in [0.15, 0.2) is 28.5 Å². The van der Waals surface area contributed by atoms with Gasteiger partial charge in [-0.3, -0.25) is 9.59 Å². The first-order valence-electron chi connectivity index (χ1n) is 4.99. The molecule has 7 heteroatoms. The number of nitrogens with zero attached hydrogens (tertiary/aromatic N) is 3. The van der Waals surface area contributed by atoms with Gasteiger partial charge >= 0.3 is 5.97 Å². The summed E-state index contributed by atoms with van der Waals surface area (Å²) in [6.45, 7) is 0.204. The smallest absolute Gasteiger partial charge is 0.305 e. The predicted molar refractivity (Wildman–Crippen MR) is 61.2 cm³/mol. The van der Waals surface area contributed by atoms with Crippen LogP contribution in [0.25, 0.3) is 0 Å². The Morgan fingerprint density at radius 3 is 3.00 bits per heavy atom. The summed E-state index contributed by atoms with van der Waals surface area (Å²) in [5.74, 6) is -0.618. The molecule has 0 aliphatic carbocycles. The van der Waals surface area contributed by atoms with Crippen molar-refractivity contribution < 1.29 is 14.7 Å². The molecule has 0 spiro atoms. The van der Waals surface area contributed by atoms with Crippen LogP contribution in [-0.2, 0) is 9.59 Å². The maximum Gasteiger partial charge on any atom is 0.305 e. The van der Waals surface area contributed by atoms with Crippen LogP contribution in [0, 0.1) is 0 Å². The highest BCUT2D eigenvalue weighted by Gasteiger charge is 2.26. The third-order valence-corrected chi connectivity index (χ3v) is 2.54. The van der Waals surface area contributed by atoms with Crippen LogP contribution in [0.4, 0.5) is 0 Å². The van der Waals surface area contributed by atoms with E-state index < -0.39 is 5.97 Å². The summed E-state index contributed by atoms with van der Waals surface area (Å²) < 4.78 is 0. The molecular weight excluding hydrogens is 246 g/mol. The van der Waals surface area contributed by atoms with Gasteiger partial charge in [-0.05, 0) is 12.2 Å². The van der Waals surface area contributed by atoms with Crippen molar-refractivity contribution in [3.05, 3.63) is 23.4 Å². The third-order valence-electron chi connectivity index (χ3n) is 2.32. The summed E-state index contributed by atoms with van der Waals surface area (Å²) in [7, 11) is 0. The molecule has 2 aliphatic rings. The molecule has 0 aromatic carbocycles. The van der Waals surface area contributed by atoms with Crippen molar-refractivity contribution in [2.75, 3.05) is 13.1 Å². The minimum atomic E-state index is -0.956. The molecule has 0 fully saturated rings. The minimum absolute atomic E-state index is 0.0802. The van der Waals surface area contributed by atoms with Gasteiger partial charge in [0.25, 0.3) is 5.91 Å². The molecule has 6 nitrogen and oxygen atoms in total. The highest BCUT2D eigenvalue weighted by molar-refractivity contribution is 6.32. The third kappa shape index (κ3) is 2.65. The fourth-order valence-corrected chi connectivity index (χ4v) is 1.69. The molecule has 90 valence electrons. The lowest BCUT2D eigenvalue weighted by molar-refractivity contribution is -0.138. The fraction of sp³-hybridized carbons (Fsp3) is 0.300. The van der Waals surface area contributed by atoms with Crippen molar-refractivity contribution in [1.82, 2.24) is 9.91 Å². The molecule has 17 heavy (non-hydrogen) atoms. The molecule has 0 atom stereocenters. The molecule has 0 bridgehead atoms. The van der Waals surface area contributed by atoms with Crippen LogP contribution in [0.5, 0.6) is 0 Å². The van der Waals surface area contributed by atoms with Gasteiger partial charge in [0, 0.05) is 6.20 Å². The standard InChI is InChI=1S/C10H10ClN3O3/c11-7-1-2-8-12-14(4-3-10(16)17)9(15)6-13(8)5-7/h1-2,5H,3-4,6H2,(H,16,17). The lowest BCUT2D eigenvalue weighted by Gasteiger charge is -2.31. The van der Waals surface area contributed by atoms with Crippen molar-refractivity contribution in [3.8, 4) is 0 Å². The van der Waals surface area contributed by atoms with Crippen molar-refractivity contribution in [2.24, 2.45) is 5.10 Å². The number of amides is 1. The second kappa shape index (κ2) is 4.58. The molecule has 0 aromatic heterocycles. The van der Waals surface area contributed by atoms with Gasteiger partial charge in [0.2, 0.25) is 0 Å². The molecule has 2 heterocycles. The highest BCUT2D eigenvalue weighted by atomic mass is 35.5. The first kappa shape index (κ1) is 11.7. The van der Waals surface area contributed by atoms with E-state index in [2.05, 4.69) is 5.10 Å². The number of carboxylic acids is 1. The topological polar surface area (TPSA) is 73.2 Å². The lowest BCUT2D eigenvalue weighted by Crippen LogP contribution is -2.45. The number of carbonyl (C=O) groups excluding carboxylic acids is 1. The molecule has 0 saturated heterocycles. The number of rotatable bonds is 3. The Labute approximate surface area is 102 Å². The van der Waals surface area contributed by atoms with E-state index in [0.717, 1.165) is 0 Å². The van der Waals surface area contributed by atoms with E-state index in [1.165, 1.54) is 5.01 Å². The Bertz CT molecular complexity index is 456. The highest BCUT2D eigenvalue weighted by Crippen LogP contribution is 2.17. The number of amidine groups is 1. The predicted octanol–water partition coefficient (Wildman–Crippen LogP) is 0.569. The second-order valence-corrected chi connectivity index (χ2v) is 4.03. The first-order valence-corrected chi connectivity index (χ1v) is 5.37. The zero-order chi connectivity index (χ0) is 12.4. The van der Waals surface area contributed by atoms with Crippen LogP contribution in [0.1, 0.15) is 6.42 Å². The number of allylic oxidation sites excluding steroid dienone is 2. The Kier molecular flexibility index (Phi) is 3.14. The van der Waals surface area contributed by atoms with E-state index in [1.54, 1.807) is 23.3 Å². The van der Waals surface area contributed by atoms with Crippen LogP contribution in [0.2, 0.25) is 0 Å². The quantitative estimate of drug-likeness (QED) is 0.800. The zero-order valence-electron chi connectivity index (χ0n) is 8.84. The zero-order valence-corrected chi connectivity index (χ0v) is 9.59. The average Bonchev–Trinajstić information content (AvgIpc) is 2.26. The number of halogens is 1. The lowest BCUT2D eigenvalue weighted by atomic mass is 10.3. The Balaban J connectivity index is 2.12. The van der Waals surface area contributed by atoms with Crippen LogP contribution in [0.3, 0.4) is 0 Å². The molecule has 2 rings (SSSR count). The van der Waals surface area contributed by atoms with Crippen LogP contribution < -0.4 is 0 Å². The van der Waals surface area contributed by atoms with Crippen molar-refractivity contribution in [1.29, 1.82) is 0 Å². The Morgan fingerprint density at radius 1 is 1.53 bits per heavy atom. The molecule has 0 unspecified atom stereocenters. The summed E-state index contributed by atoms with van der Waals surface area (Å²) >= 11 is 5.80. The second-order valence-electron chi connectivity index (χ2n) is 3.59. The summed E-state index contributed by atoms with van der Waals surface area (Å²) in [6, 6.07) is 0. The van der Waals surface area contributed by atoms with E-state index in [-0.39, 0.29) is 25.4 Å². The number of hydrogen-bond acceptors (Lipinski definition) is 4. The van der Waals surface area contributed by atoms with E-state index >= 15 is 0 Å². The molecular formula is C10H10ClN3O3. The van der Waals surface area contributed by atoms with Gasteiger partial charge in [-0.25, -0.2) is 5.01 Å². The molecule has 0 aromatic rings. The summed E-state index contributed by atoms with van der Waals surface area (Å²) in [4.78, 5) is 23.7. The SMILES string of the molecule is O=C(O)CCN1N=C2C=CC(Cl)=CN2CC1=O. The number of hydrazone groups is 1. The Hall–Kier alpha value is -1.82. The minimum Gasteiger partial charge on any atom is -0.481 e. The van der Waals surface area contributed by atoms with E-state index in [4.69, 9.17) is 16.7 Å². The summed E-state index contributed by atoms with van der Waals surface area (Å²) in [6.07, 6.45) is 4.85. The number of carboxylic acid groups (broad SMARTS) is 1. The van der Waals surface area contributed by atoms with Crippen molar-refractivity contribution >= 4 is 29.3 Å². The average molecular weight is 256 g/mol. The summed E-state index contributed by atoms with van der Waals surface area (Å²) in [5.41, 5.74) is 0. The van der Waals surface area contributed by atoms with Crippen LogP contribution in [-0.4, -0.2) is 45.8 Å². The van der Waals surface area contributed by atoms with Gasteiger partial charge in [0.15, 0.2) is 5.84 Å². The normalized spacial score (nSPS) is 18.8. The van der Waals surface area contributed by atoms with E-state index in [9.17, 15) is 9.59 Å².